The number of hydrogen-bond acceptors (Lipinski definition) is 3. The third-order valence-corrected chi connectivity index (χ3v) is 2.17. The number of esters is 1. The fourth-order valence-corrected chi connectivity index (χ4v) is 1.48. The summed E-state index contributed by atoms with van der Waals surface area (Å²) in [6.45, 7) is 3.23. The summed E-state index contributed by atoms with van der Waals surface area (Å²) >= 11 is 0. The molecule has 0 bridgehead atoms. The maximum atomic E-state index is 12.8. The van der Waals surface area contributed by atoms with Gasteiger partial charge in [0.2, 0.25) is 0 Å². The van der Waals surface area contributed by atoms with Gasteiger partial charge in [0.1, 0.15) is 6.17 Å². The Hall–Kier alpha value is -1.71. The molecule has 1 rings (SSSR count). The third kappa shape index (κ3) is 3.98. The summed E-state index contributed by atoms with van der Waals surface area (Å²) < 4.78 is 17.4. The van der Waals surface area contributed by atoms with Crippen LogP contribution in [0.2, 0.25) is 0 Å². The van der Waals surface area contributed by atoms with Gasteiger partial charge >= 0.3 is 5.97 Å². The first-order chi connectivity index (χ1) is 8.04. The van der Waals surface area contributed by atoms with E-state index in [9.17, 15) is 14.0 Å². The van der Waals surface area contributed by atoms with E-state index in [4.69, 9.17) is 0 Å². The molecule has 1 atom stereocenters. The van der Waals surface area contributed by atoms with E-state index in [1.165, 1.54) is 19.1 Å². The van der Waals surface area contributed by atoms with Crippen LogP contribution >= 0.6 is 0 Å². The lowest BCUT2D eigenvalue weighted by molar-refractivity contribution is -0.137. The largest absolute Gasteiger partial charge is 0.460 e. The highest BCUT2D eigenvalue weighted by Crippen LogP contribution is 2.10. The van der Waals surface area contributed by atoms with Crippen LogP contribution in [0.1, 0.15) is 29.8 Å². The van der Waals surface area contributed by atoms with Gasteiger partial charge in [-0.15, -0.1) is 0 Å². The number of alkyl halides is 1. The van der Waals surface area contributed by atoms with Crippen molar-refractivity contribution in [2.45, 2.75) is 26.4 Å². The highest BCUT2D eigenvalue weighted by molar-refractivity contribution is 6.40. The van der Waals surface area contributed by atoms with E-state index >= 15 is 0 Å². The highest BCUT2D eigenvalue weighted by Gasteiger charge is 2.17. The lowest BCUT2D eigenvalue weighted by atomic mass is 10.0. The Morgan fingerprint density at radius 1 is 1.41 bits per heavy atom. The second-order valence-electron chi connectivity index (χ2n) is 3.73. The van der Waals surface area contributed by atoms with Crippen molar-refractivity contribution in [1.29, 1.82) is 0 Å². The van der Waals surface area contributed by atoms with Crippen LogP contribution in [0.25, 0.3) is 0 Å². The van der Waals surface area contributed by atoms with Crippen molar-refractivity contribution in [2.75, 3.05) is 6.61 Å². The Kier molecular flexibility index (Phi) is 4.82. The van der Waals surface area contributed by atoms with Gasteiger partial charge in [-0.3, -0.25) is 4.79 Å². The number of hydrogen-bond donors (Lipinski definition) is 0. The highest BCUT2D eigenvalue weighted by atomic mass is 19.1. The Morgan fingerprint density at radius 3 is 2.71 bits per heavy atom. The minimum Gasteiger partial charge on any atom is -0.460 e. The van der Waals surface area contributed by atoms with E-state index in [1.807, 2.05) is 0 Å². The van der Waals surface area contributed by atoms with E-state index in [-0.39, 0.29) is 18.6 Å². The third-order valence-electron chi connectivity index (χ3n) is 2.17. The molecule has 0 saturated heterocycles. The Labute approximate surface area is 99.6 Å². The molecule has 0 spiro atoms. The zero-order chi connectivity index (χ0) is 12.8. The van der Waals surface area contributed by atoms with Gasteiger partial charge in [-0.25, -0.2) is 9.18 Å². The van der Waals surface area contributed by atoms with Gasteiger partial charge in [0.25, 0.3) is 5.78 Å². The molecule has 0 aliphatic rings. The average Bonchev–Trinajstić information content (AvgIpc) is 2.28. The van der Waals surface area contributed by atoms with E-state index in [0.29, 0.717) is 5.56 Å². The number of rotatable bonds is 5. The molecule has 0 N–H and O–H groups in total. The molecule has 0 fully saturated rings. The molecule has 0 aromatic heterocycles. The van der Waals surface area contributed by atoms with Crippen LogP contribution < -0.4 is 0 Å². The first-order valence-electron chi connectivity index (χ1n) is 5.49. The maximum Gasteiger partial charge on any atom is 0.379 e. The molecule has 0 heterocycles. The molecule has 17 heavy (non-hydrogen) atoms. The summed E-state index contributed by atoms with van der Waals surface area (Å²) in [6, 6.07) is 6.39. The van der Waals surface area contributed by atoms with Crippen LogP contribution in [-0.4, -0.2) is 24.5 Å². The molecule has 92 valence electrons. The minimum atomic E-state index is -0.983. The number of ketones is 1. The van der Waals surface area contributed by atoms with Crippen LogP contribution in [-0.2, 0) is 16.0 Å². The topological polar surface area (TPSA) is 43.4 Å². The number of Topliss-reactive ketones (excluding diaryl/α,β-unsaturated/α-hetero) is 1. The first kappa shape index (κ1) is 13.4. The zero-order valence-corrected chi connectivity index (χ0v) is 9.90. The Morgan fingerprint density at radius 2 is 2.12 bits per heavy atom. The van der Waals surface area contributed by atoms with E-state index in [1.54, 1.807) is 19.1 Å². The van der Waals surface area contributed by atoms with E-state index < -0.39 is 17.9 Å². The predicted octanol–water partition coefficient (Wildman–Crippen LogP) is 2.33. The van der Waals surface area contributed by atoms with Crippen LogP contribution in [0.15, 0.2) is 24.3 Å². The van der Waals surface area contributed by atoms with Crippen molar-refractivity contribution in [3.63, 3.8) is 0 Å². The summed E-state index contributed by atoms with van der Waals surface area (Å²) in [7, 11) is 0. The average molecular weight is 238 g/mol. The predicted molar refractivity (Wildman–Crippen MR) is 61.7 cm³/mol. The number of benzene rings is 1. The Balaban J connectivity index is 2.84. The first-order valence-corrected chi connectivity index (χ1v) is 5.49. The number of ether oxygens (including phenoxy) is 1. The van der Waals surface area contributed by atoms with Crippen molar-refractivity contribution in [1.82, 2.24) is 0 Å². The second kappa shape index (κ2) is 6.13. The molecular formula is C13H15FO3. The van der Waals surface area contributed by atoms with Crippen LogP contribution in [0.5, 0.6) is 0 Å². The van der Waals surface area contributed by atoms with E-state index in [2.05, 4.69) is 4.74 Å². The molecule has 3 nitrogen and oxygen atoms in total. The molecule has 0 aliphatic carbocycles. The molecule has 0 radical (unpaired) electrons. The van der Waals surface area contributed by atoms with Crippen LogP contribution in [0.4, 0.5) is 4.39 Å². The van der Waals surface area contributed by atoms with Gasteiger partial charge < -0.3 is 4.74 Å². The number of carbonyl (C=O) groups excluding carboxylic acids is 2. The summed E-state index contributed by atoms with van der Waals surface area (Å²) in [5.74, 6) is -1.57. The molecule has 1 aromatic rings. The van der Waals surface area contributed by atoms with Crippen molar-refractivity contribution in [3.05, 3.63) is 35.4 Å². The fourth-order valence-electron chi connectivity index (χ4n) is 1.48. The molecule has 1 aromatic carbocycles. The van der Waals surface area contributed by atoms with E-state index in [0.717, 1.165) is 0 Å². The van der Waals surface area contributed by atoms with Gasteiger partial charge in [-0.1, -0.05) is 18.2 Å². The smallest absolute Gasteiger partial charge is 0.379 e. The maximum absolute atomic E-state index is 12.8. The normalized spacial score (nSPS) is 11.9. The van der Waals surface area contributed by atoms with Crippen molar-refractivity contribution >= 4 is 11.8 Å². The summed E-state index contributed by atoms with van der Waals surface area (Å²) in [6.07, 6.45) is -0.757. The quantitative estimate of drug-likeness (QED) is 0.449. The van der Waals surface area contributed by atoms with Crippen LogP contribution in [0, 0.1) is 0 Å². The fraction of sp³-hybridized carbons (Fsp3) is 0.385. The standard InChI is InChI=1S/C13H15FO3/c1-3-17-13(16)12(15)11-6-4-5-10(8-11)7-9(2)14/h4-6,8-9H,3,7H2,1-2H3. The van der Waals surface area contributed by atoms with Crippen molar-refractivity contribution < 1.29 is 18.7 Å². The summed E-state index contributed by atoms with van der Waals surface area (Å²) in [4.78, 5) is 22.8. The number of halogens is 1. The van der Waals surface area contributed by atoms with Gasteiger partial charge in [-0.2, -0.15) is 0 Å². The molecule has 4 heteroatoms. The minimum absolute atomic E-state index is 0.159. The number of carbonyl (C=O) groups is 2. The summed E-state index contributed by atoms with van der Waals surface area (Å²) in [5, 5.41) is 0. The van der Waals surface area contributed by atoms with Crippen molar-refractivity contribution in [2.24, 2.45) is 0 Å². The molecule has 0 aliphatic heterocycles. The second-order valence-corrected chi connectivity index (χ2v) is 3.73. The monoisotopic (exact) mass is 238 g/mol. The summed E-state index contributed by atoms with van der Waals surface area (Å²) in [5.41, 5.74) is 0.928. The van der Waals surface area contributed by atoms with Gasteiger partial charge in [0.15, 0.2) is 0 Å². The van der Waals surface area contributed by atoms with Gasteiger partial charge in [0, 0.05) is 12.0 Å². The van der Waals surface area contributed by atoms with Gasteiger partial charge in [-0.05, 0) is 25.5 Å². The molecule has 0 amide bonds. The van der Waals surface area contributed by atoms with Crippen molar-refractivity contribution in [3.8, 4) is 0 Å². The molecule has 0 saturated carbocycles. The Bertz CT molecular complexity index is 413. The lowest BCUT2D eigenvalue weighted by Crippen LogP contribution is -2.17. The van der Waals surface area contributed by atoms with Gasteiger partial charge in [0.05, 0.1) is 6.61 Å². The lowest BCUT2D eigenvalue weighted by Gasteiger charge is -2.05. The molecular weight excluding hydrogens is 223 g/mol. The zero-order valence-electron chi connectivity index (χ0n) is 9.90. The SMILES string of the molecule is CCOC(=O)C(=O)c1cccc(CC(C)F)c1. The molecule has 1 unspecified atom stereocenters. The van der Waals surface area contributed by atoms with Crippen LogP contribution in [0.3, 0.4) is 0 Å².